The van der Waals surface area contributed by atoms with Gasteiger partial charge in [0.15, 0.2) is 0 Å². The normalized spacial score (nSPS) is 18.3. The minimum absolute atomic E-state index is 0.0379. The Kier molecular flexibility index (Phi) is 4.52. The molecule has 142 valence electrons. The monoisotopic (exact) mass is 378 g/mol. The molecule has 8 heteroatoms. The van der Waals surface area contributed by atoms with Gasteiger partial charge in [-0.3, -0.25) is 4.79 Å². The number of H-pyrrole nitrogens is 1. The number of benzene rings is 1. The molecule has 1 aromatic carbocycles. The molecule has 0 saturated carbocycles. The van der Waals surface area contributed by atoms with E-state index in [-0.39, 0.29) is 5.91 Å². The fraction of sp³-hybridized carbons (Fsp3) is 0.500. The van der Waals surface area contributed by atoms with Crippen molar-refractivity contribution in [2.24, 2.45) is 0 Å². The number of carbonyl (C=O) groups is 1. The van der Waals surface area contributed by atoms with Gasteiger partial charge >= 0.3 is 0 Å². The summed E-state index contributed by atoms with van der Waals surface area (Å²) in [6, 6.07) is 5.97. The molecule has 26 heavy (non-hydrogen) atoms. The number of nitrogens with zero attached hydrogens (tertiary/aromatic N) is 3. The van der Waals surface area contributed by atoms with Crippen molar-refractivity contribution >= 4 is 38.2 Å². The Labute approximate surface area is 154 Å². The summed E-state index contributed by atoms with van der Waals surface area (Å²) in [4.78, 5) is 18.8. The van der Waals surface area contributed by atoms with E-state index in [9.17, 15) is 13.2 Å². The molecular formula is C18H26N4O3S. The maximum Gasteiger partial charge on any atom is 0.223 e. The van der Waals surface area contributed by atoms with E-state index < -0.39 is 15.6 Å². The van der Waals surface area contributed by atoms with Crippen LogP contribution in [0.3, 0.4) is 0 Å². The molecular weight excluding hydrogens is 352 g/mol. The molecule has 0 unspecified atom stereocenters. The zero-order chi connectivity index (χ0) is 19.3. The Morgan fingerprint density at radius 2 is 1.96 bits per heavy atom. The SMILES string of the molecule is CC(=O)N(C)c1cc(N2CCN(S(C)(=O)=O)C(C)(C)C2)c2cc[nH]c2c1. The Hall–Kier alpha value is -2.06. The molecule has 0 spiro atoms. The van der Waals surface area contributed by atoms with Crippen LogP contribution < -0.4 is 9.80 Å². The van der Waals surface area contributed by atoms with Crippen molar-refractivity contribution in [1.29, 1.82) is 0 Å². The Morgan fingerprint density at radius 3 is 2.54 bits per heavy atom. The third-order valence-electron chi connectivity index (χ3n) is 5.06. The van der Waals surface area contributed by atoms with Gasteiger partial charge in [0.2, 0.25) is 15.9 Å². The molecule has 1 saturated heterocycles. The van der Waals surface area contributed by atoms with Gasteiger partial charge < -0.3 is 14.8 Å². The van der Waals surface area contributed by atoms with Crippen LogP contribution in [0.4, 0.5) is 11.4 Å². The van der Waals surface area contributed by atoms with Crippen LogP contribution >= 0.6 is 0 Å². The lowest BCUT2D eigenvalue weighted by atomic mass is 10.0. The van der Waals surface area contributed by atoms with Gasteiger partial charge in [-0.15, -0.1) is 0 Å². The lowest BCUT2D eigenvalue weighted by molar-refractivity contribution is -0.116. The minimum atomic E-state index is -3.26. The number of aromatic nitrogens is 1. The first-order valence-electron chi connectivity index (χ1n) is 8.59. The lowest BCUT2D eigenvalue weighted by Crippen LogP contribution is -2.60. The summed E-state index contributed by atoms with van der Waals surface area (Å²) >= 11 is 0. The molecule has 1 aliphatic rings. The zero-order valence-electron chi connectivity index (χ0n) is 15.9. The summed E-state index contributed by atoms with van der Waals surface area (Å²) < 4.78 is 25.8. The predicted octanol–water partition coefficient (Wildman–Crippen LogP) is 2.01. The quantitative estimate of drug-likeness (QED) is 0.886. The molecule has 1 fully saturated rings. The predicted molar refractivity (Wildman–Crippen MR) is 105 cm³/mol. The van der Waals surface area contributed by atoms with Gasteiger partial charge in [0.05, 0.1) is 6.26 Å². The number of hydrogen-bond acceptors (Lipinski definition) is 4. The van der Waals surface area contributed by atoms with Crippen molar-refractivity contribution < 1.29 is 13.2 Å². The largest absolute Gasteiger partial charge is 0.368 e. The van der Waals surface area contributed by atoms with E-state index in [1.807, 2.05) is 38.2 Å². The number of piperazine rings is 1. The maximum atomic E-state index is 12.1. The van der Waals surface area contributed by atoms with E-state index in [1.54, 1.807) is 16.3 Å². The summed E-state index contributed by atoms with van der Waals surface area (Å²) in [7, 11) is -1.50. The number of sulfonamides is 1. The molecule has 1 aromatic heterocycles. The van der Waals surface area contributed by atoms with E-state index in [0.29, 0.717) is 19.6 Å². The zero-order valence-corrected chi connectivity index (χ0v) is 16.7. The van der Waals surface area contributed by atoms with Crippen LogP contribution in [0.1, 0.15) is 20.8 Å². The van der Waals surface area contributed by atoms with Crippen LogP contribution in [-0.4, -0.2) is 62.1 Å². The van der Waals surface area contributed by atoms with Gasteiger partial charge in [0.1, 0.15) is 0 Å². The second-order valence-electron chi connectivity index (χ2n) is 7.55. The first-order valence-corrected chi connectivity index (χ1v) is 10.4. The highest BCUT2D eigenvalue weighted by molar-refractivity contribution is 7.88. The van der Waals surface area contributed by atoms with Crippen LogP contribution in [0.25, 0.3) is 10.9 Å². The van der Waals surface area contributed by atoms with Crippen molar-refractivity contribution in [1.82, 2.24) is 9.29 Å². The molecule has 0 radical (unpaired) electrons. The summed E-state index contributed by atoms with van der Waals surface area (Å²) in [5.74, 6) is -0.0379. The Morgan fingerprint density at radius 1 is 1.27 bits per heavy atom. The highest BCUT2D eigenvalue weighted by Crippen LogP contribution is 2.35. The molecule has 1 amide bonds. The highest BCUT2D eigenvalue weighted by Gasteiger charge is 2.39. The fourth-order valence-electron chi connectivity index (χ4n) is 3.73. The number of fused-ring (bicyclic) bond motifs is 1. The molecule has 3 rings (SSSR count). The van der Waals surface area contributed by atoms with E-state index in [1.165, 1.54) is 13.2 Å². The first-order chi connectivity index (χ1) is 12.0. The molecule has 1 aliphatic heterocycles. The van der Waals surface area contributed by atoms with Crippen LogP contribution in [-0.2, 0) is 14.8 Å². The molecule has 2 aromatic rings. The standard InChI is InChI=1S/C18H26N4O3S/c1-13(23)20(4)14-10-16-15(6-7-19-16)17(11-14)21-8-9-22(26(5,24)25)18(2,3)12-21/h6-7,10-11,19H,8-9,12H2,1-5H3. The number of aromatic amines is 1. The Balaban J connectivity index is 2.03. The molecule has 2 heterocycles. The number of anilines is 2. The highest BCUT2D eigenvalue weighted by atomic mass is 32.2. The molecule has 7 nitrogen and oxygen atoms in total. The van der Waals surface area contributed by atoms with Gasteiger partial charge in [0.25, 0.3) is 0 Å². The van der Waals surface area contributed by atoms with Gasteiger partial charge in [-0.05, 0) is 32.0 Å². The fourth-order valence-corrected chi connectivity index (χ4v) is 5.10. The maximum absolute atomic E-state index is 12.1. The average Bonchev–Trinajstić information content (AvgIpc) is 2.99. The minimum Gasteiger partial charge on any atom is -0.368 e. The number of carbonyl (C=O) groups excluding carboxylic acids is 1. The second kappa shape index (κ2) is 6.28. The molecule has 0 atom stereocenters. The second-order valence-corrected chi connectivity index (χ2v) is 9.46. The molecule has 1 N–H and O–H groups in total. The van der Waals surface area contributed by atoms with Crippen molar-refractivity contribution in [2.45, 2.75) is 26.3 Å². The van der Waals surface area contributed by atoms with Gasteiger partial charge in [0, 0.05) is 67.6 Å². The third kappa shape index (κ3) is 3.31. The van der Waals surface area contributed by atoms with Crippen molar-refractivity contribution in [3.05, 3.63) is 24.4 Å². The Bertz CT molecular complexity index is 948. The van der Waals surface area contributed by atoms with Crippen molar-refractivity contribution in [3.63, 3.8) is 0 Å². The van der Waals surface area contributed by atoms with Crippen LogP contribution in [0.2, 0.25) is 0 Å². The average molecular weight is 378 g/mol. The summed E-state index contributed by atoms with van der Waals surface area (Å²) in [6.45, 7) is 7.04. The number of rotatable bonds is 3. The smallest absolute Gasteiger partial charge is 0.223 e. The molecule has 0 bridgehead atoms. The van der Waals surface area contributed by atoms with Crippen molar-refractivity contribution in [2.75, 3.05) is 42.7 Å². The lowest BCUT2D eigenvalue weighted by Gasteiger charge is -2.46. The topological polar surface area (TPSA) is 76.7 Å². The van der Waals surface area contributed by atoms with E-state index in [2.05, 4.69) is 9.88 Å². The van der Waals surface area contributed by atoms with Gasteiger partial charge in [-0.25, -0.2) is 8.42 Å². The summed E-state index contributed by atoms with van der Waals surface area (Å²) in [5.41, 5.74) is 2.25. The number of nitrogens with one attached hydrogen (secondary N) is 1. The van der Waals surface area contributed by atoms with E-state index >= 15 is 0 Å². The number of hydrogen-bond donors (Lipinski definition) is 1. The van der Waals surface area contributed by atoms with E-state index in [0.717, 1.165) is 22.3 Å². The molecule has 0 aliphatic carbocycles. The van der Waals surface area contributed by atoms with Gasteiger partial charge in [-0.2, -0.15) is 4.31 Å². The van der Waals surface area contributed by atoms with E-state index in [4.69, 9.17) is 0 Å². The summed E-state index contributed by atoms with van der Waals surface area (Å²) in [5, 5.41) is 1.06. The van der Waals surface area contributed by atoms with Crippen LogP contribution in [0, 0.1) is 0 Å². The third-order valence-corrected chi connectivity index (χ3v) is 6.54. The van der Waals surface area contributed by atoms with Gasteiger partial charge in [-0.1, -0.05) is 0 Å². The van der Waals surface area contributed by atoms with Crippen LogP contribution in [0.5, 0.6) is 0 Å². The summed E-state index contributed by atoms with van der Waals surface area (Å²) in [6.07, 6.45) is 3.14. The number of amides is 1. The van der Waals surface area contributed by atoms with Crippen LogP contribution in [0.15, 0.2) is 24.4 Å². The first kappa shape index (κ1) is 18.7. The van der Waals surface area contributed by atoms with Crippen molar-refractivity contribution in [3.8, 4) is 0 Å².